The third kappa shape index (κ3) is 1.62. The Morgan fingerprint density at radius 3 is 2.62 bits per heavy atom. The molecule has 2 rings (SSSR count). The minimum Gasteiger partial charge on any atom is -0.396 e. The van der Waals surface area contributed by atoms with Crippen LogP contribution >= 0.6 is 0 Å². The maximum absolute atomic E-state index is 8.99. The van der Waals surface area contributed by atoms with Crippen LogP contribution in [0.1, 0.15) is 33.1 Å². The second-order valence-electron chi connectivity index (χ2n) is 5.27. The van der Waals surface area contributed by atoms with E-state index < -0.39 is 0 Å². The molecule has 0 bridgehead atoms. The van der Waals surface area contributed by atoms with Gasteiger partial charge in [-0.25, -0.2) is 0 Å². The van der Waals surface area contributed by atoms with Gasteiger partial charge in [0.1, 0.15) is 0 Å². The van der Waals surface area contributed by atoms with E-state index in [2.05, 4.69) is 18.7 Å². The summed E-state index contributed by atoms with van der Waals surface area (Å²) in [4.78, 5) is 2.58. The Morgan fingerprint density at radius 2 is 2.15 bits per heavy atom. The largest absolute Gasteiger partial charge is 0.396 e. The van der Waals surface area contributed by atoms with Gasteiger partial charge >= 0.3 is 0 Å². The molecule has 0 aromatic heterocycles. The summed E-state index contributed by atoms with van der Waals surface area (Å²) in [5, 5.41) is 8.99. The van der Waals surface area contributed by atoms with Gasteiger partial charge in [-0.15, -0.1) is 0 Å². The lowest BCUT2D eigenvalue weighted by Gasteiger charge is -2.45. The third-order valence-corrected chi connectivity index (χ3v) is 3.90. The predicted molar refractivity (Wildman–Crippen MR) is 53.6 cm³/mol. The summed E-state index contributed by atoms with van der Waals surface area (Å²) in [6, 6.07) is 0.701. The van der Waals surface area contributed by atoms with Gasteiger partial charge in [0.2, 0.25) is 0 Å². The Balaban J connectivity index is 1.86. The van der Waals surface area contributed by atoms with Crippen molar-refractivity contribution in [2.24, 2.45) is 11.3 Å². The van der Waals surface area contributed by atoms with E-state index in [4.69, 9.17) is 5.11 Å². The van der Waals surface area contributed by atoms with Crippen molar-refractivity contribution in [2.75, 3.05) is 19.7 Å². The monoisotopic (exact) mass is 183 g/mol. The molecule has 0 amide bonds. The second-order valence-corrected chi connectivity index (χ2v) is 5.27. The van der Waals surface area contributed by atoms with Crippen molar-refractivity contribution in [1.29, 1.82) is 0 Å². The van der Waals surface area contributed by atoms with Crippen molar-refractivity contribution in [3.05, 3.63) is 0 Å². The fourth-order valence-corrected chi connectivity index (χ4v) is 3.04. The molecule has 2 aliphatic rings. The molecule has 2 heteroatoms. The molecule has 1 spiro atoms. The van der Waals surface area contributed by atoms with Crippen molar-refractivity contribution in [2.45, 2.75) is 39.2 Å². The van der Waals surface area contributed by atoms with Gasteiger partial charge in [0, 0.05) is 19.2 Å². The van der Waals surface area contributed by atoms with Crippen molar-refractivity contribution in [1.82, 2.24) is 4.90 Å². The van der Waals surface area contributed by atoms with Crippen LogP contribution in [-0.4, -0.2) is 35.7 Å². The van der Waals surface area contributed by atoms with Crippen molar-refractivity contribution < 1.29 is 5.11 Å². The number of likely N-dealkylation sites (tertiary alicyclic amines) is 1. The smallest absolute Gasteiger partial charge is 0.0459 e. The van der Waals surface area contributed by atoms with E-state index >= 15 is 0 Å². The fourth-order valence-electron chi connectivity index (χ4n) is 3.04. The molecule has 76 valence electrons. The zero-order valence-corrected chi connectivity index (χ0v) is 8.79. The summed E-state index contributed by atoms with van der Waals surface area (Å²) in [5.41, 5.74) is 0.609. The Hall–Kier alpha value is -0.0800. The van der Waals surface area contributed by atoms with Gasteiger partial charge in [-0.2, -0.15) is 0 Å². The van der Waals surface area contributed by atoms with Crippen molar-refractivity contribution in [3.8, 4) is 0 Å². The van der Waals surface area contributed by atoms with E-state index in [1.807, 2.05) is 0 Å². The maximum atomic E-state index is 8.99. The molecule has 1 N–H and O–H groups in total. The molecule has 1 saturated carbocycles. The maximum Gasteiger partial charge on any atom is 0.0459 e. The third-order valence-electron chi connectivity index (χ3n) is 3.90. The number of hydrogen-bond acceptors (Lipinski definition) is 2. The van der Waals surface area contributed by atoms with E-state index in [9.17, 15) is 0 Å². The Kier molecular flexibility index (Phi) is 2.37. The first-order valence-electron chi connectivity index (χ1n) is 5.50. The van der Waals surface area contributed by atoms with E-state index in [1.54, 1.807) is 0 Å². The molecule has 13 heavy (non-hydrogen) atoms. The Labute approximate surface area is 80.9 Å². The number of hydrogen-bond donors (Lipinski definition) is 1. The van der Waals surface area contributed by atoms with Crippen LogP contribution < -0.4 is 0 Å². The van der Waals surface area contributed by atoms with E-state index in [0.717, 1.165) is 0 Å². The molecular weight excluding hydrogens is 162 g/mol. The highest BCUT2D eigenvalue weighted by Gasteiger charge is 2.48. The first kappa shape index (κ1) is 9.47. The first-order valence-corrected chi connectivity index (χ1v) is 5.50. The van der Waals surface area contributed by atoms with E-state index in [-0.39, 0.29) is 0 Å². The summed E-state index contributed by atoms with van der Waals surface area (Å²) in [5.74, 6) is 0.618. The van der Waals surface area contributed by atoms with Gasteiger partial charge in [-0.1, -0.05) is 0 Å². The second kappa shape index (κ2) is 3.25. The Morgan fingerprint density at radius 1 is 1.46 bits per heavy atom. The van der Waals surface area contributed by atoms with Crippen LogP contribution in [0.25, 0.3) is 0 Å². The highest BCUT2D eigenvalue weighted by atomic mass is 16.3. The molecule has 0 unspecified atom stereocenters. The predicted octanol–water partition coefficient (Wildman–Crippen LogP) is 1.49. The van der Waals surface area contributed by atoms with Gasteiger partial charge < -0.3 is 10.0 Å². The highest BCUT2D eigenvalue weighted by Crippen LogP contribution is 2.51. The zero-order valence-electron chi connectivity index (χ0n) is 8.79. The van der Waals surface area contributed by atoms with Crippen molar-refractivity contribution in [3.63, 3.8) is 0 Å². The van der Waals surface area contributed by atoms with Gasteiger partial charge in [-0.05, 0) is 51.0 Å². The first-order chi connectivity index (χ1) is 6.15. The molecule has 0 atom stereocenters. The summed E-state index contributed by atoms with van der Waals surface area (Å²) in [7, 11) is 0. The summed E-state index contributed by atoms with van der Waals surface area (Å²) < 4.78 is 0. The summed E-state index contributed by atoms with van der Waals surface area (Å²) >= 11 is 0. The van der Waals surface area contributed by atoms with Crippen LogP contribution in [0.2, 0.25) is 0 Å². The lowest BCUT2D eigenvalue weighted by Crippen LogP contribution is -2.42. The number of aliphatic hydroxyl groups excluding tert-OH is 1. The van der Waals surface area contributed by atoms with Crippen LogP contribution in [0.15, 0.2) is 0 Å². The van der Waals surface area contributed by atoms with Crippen LogP contribution in [0, 0.1) is 11.3 Å². The molecule has 0 aromatic rings. The van der Waals surface area contributed by atoms with Gasteiger partial charge in [0.05, 0.1) is 0 Å². The quantitative estimate of drug-likeness (QED) is 0.701. The standard InChI is InChI=1S/C11H21NO/c1-9(2)12-4-3-11(8-12)5-10(6-11)7-13/h9-10,13H,3-8H2,1-2H3. The van der Waals surface area contributed by atoms with Crippen LogP contribution in [0.5, 0.6) is 0 Å². The lowest BCUT2D eigenvalue weighted by atomic mass is 9.62. The minimum atomic E-state index is 0.406. The topological polar surface area (TPSA) is 23.5 Å². The number of nitrogens with zero attached hydrogens (tertiary/aromatic N) is 1. The summed E-state index contributed by atoms with van der Waals surface area (Å²) in [6.45, 7) is 7.52. The molecule has 0 radical (unpaired) electrons. The highest BCUT2D eigenvalue weighted by molar-refractivity contribution is 5.00. The molecule has 2 nitrogen and oxygen atoms in total. The van der Waals surface area contributed by atoms with Crippen LogP contribution in [0.4, 0.5) is 0 Å². The average Bonchev–Trinajstić information content (AvgIpc) is 2.45. The van der Waals surface area contributed by atoms with E-state index in [0.29, 0.717) is 24.0 Å². The Bertz CT molecular complexity index is 185. The molecule has 1 aliphatic heterocycles. The molecular formula is C11H21NO. The van der Waals surface area contributed by atoms with Crippen molar-refractivity contribution >= 4 is 0 Å². The van der Waals surface area contributed by atoms with Gasteiger partial charge in [0.25, 0.3) is 0 Å². The number of aliphatic hydroxyl groups is 1. The molecule has 2 fully saturated rings. The number of rotatable bonds is 2. The SMILES string of the molecule is CC(C)N1CCC2(CC(CO)C2)C1. The molecule has 0 aromatic carbocycles. The zero-order chi connectivity index (χ0) is 9.47. The fraction of sp³-hybridized carbons (Fsp3) is 1.00. The minimum absolute atomic E-state index is 0.406. The van der Waals surface area contributed by atoms with Gasteiger partial charge in [0.15, 0.2) is 0 Å². The van der Waals surface area contributed by atoms with Crippen LogP contribution in [-0.2, 0) is 0 Å². The van der Waals surface area contributed by atoms with Crippen LogP contribution in [0.3, 0.4) is 0 Å². The normalized spacial score (nSPS) is 40.2. The lowest BCUT2D eigenvalue weighted by molar-refractivity contribution is 0.0216. The molecule has 1 heterocycles. The molecule has 1 aliphatic carbocycles. The van der Waals surface area contributed by atoms with Gasteiger partial charge in [-0.3, -0.25) is 0 Å². The van der Waals surface area contributed by atoms with E-state index in [1.165, 1.54) is 32.4 Å². The summed E-state index contributed by atoms with van der Waals surface area (Å²) in [6.07, 6.45) is 3.90. The molecule has 1 saturated heterocycles. The average molecular weight is 183 g/mol.